The van der Waals surface area contributed by atoms with Crippen LogP contribution in [0.5, 0.6) is 5.75 Å². The van der Waals surface area contributed by atoms with Gasteiger partial charge in [0.05, 0.1) is 5.02 Å². The molecular weight excluding hydrogens is 445 g/mol. The number of hydrogen-bond donors (Lipinski definition) is 2. The highest BCUT2D eigenvalue weighted by Crippen LogP contribution is 2.34. The Kier molecular flexibility index (Phi) is 6.54. The number of nitrogens with zero attached hydrogens (tertiary/aromatic N) is 4. The number of ether oxygens (including phenoxy) is 1. The zero-order chi connectivity index (χ0) is 23.6. The van der Waals surface area contributed by atoms with E-state index < -0.39 is 28.8 Å². The monoisotopic (exact) mass is 465 g/mol. The molecule has 1 aromatic heterocycles. The van der Waals surface area contributed by atoms with Gasteiger partial charge in [-0.05, 0) is 44.0 Å². The summed E-state index contributed by atoms with van der Waals surface area (Å²) >= 11 is 6.45. The second-order valence-electron chi connectivity index (χ2n) is 7.26. The van der Waals surface area contributed by atoms with Gasteiger partial charge in [-0.3, -0.25) is 5.41 Å². The Morgan fingerprint density at radius 3 is 2.44 bits per heavy atom. The number of benzene rings is 2. The maximum absolute atomic E-state index is 14.1. The fraction of sp³-hybridized carbons (Fsp3) is 0.238. The summed E-state index contributed by atoms with van der Waals surface area (Å²) in [6, 6.07) is 6.09. The highest BCUT2D eigenvalue weighted by molar-refractivity contribution is 6.33. The van der Waals surface area contributed by atoms with Gasteiger partial charge in [0.1, 0.15) is 5.82 Å². The molecule has 0 saturated heterocycles. The number of nitrogens with two attached hydrogens (primary N) is 2. The summed E-state index contributed by atoms with van der Waals surface area (Å²) in [6.07, 6.45) is 1.08. The Morgan fingerprint density at radius 1 is 1.22 bits per heavy atom. The Morgan fingerprint density at radius 2 is 1.88 bits per heavy atom. The second kappa shape index (κ2) is 8.99. The van der Waals surface area contributed by atoms with Crippen molar-refractivity contribution in [2.45, 2.75) is 32.9 Å². The minimum Gasteiger partial charge on any atom is -0.474 e. The first-order valence-corrected chi connectivity index (χ1v) is 9.91. The van der Waals surface area contributed by atoms with Crippen molar-refractivity contribution in [3.63, 3.8) is 0 Å². The molecule has 2 aromatic carbocycles. The van der Waals surface area contributed by atoms with Crippen LogP contribution in [0.25, 0.3) is 11.4 Å². The van der Waals surface area contributed by atoms with E-state index in [1.54, 1.807) is 36.6 Å². The fourth-order valence-electron chi connectivity index (χ4n) is 3.19. The normalized spacial score (nSPS) is 12.2. The molecule has 0 aliphatic rings. The molecule has 3 aromatic rings. The number of aromatic nitrogens is 3. The Bertz CT molecular complexity index is 1190. The van der Waals surface area contributed by atoms with E-state index in [2.05, 4.69) is 15.2 Å². The highest BCUT2D eigenvalue weighted by Gasteiger charge is 2.33. The van der Waals surface area contributed by atoms with Crippen LogP contribution in [0.1, 0.15) is 32.2 Å². The first-order chi connectivity index (χ1) is 15.1. The SMILES string of the molecule is CCn1c(-c2ccc(C(N)=NC=[NH2+])cc2Cl)nnc1C(C)(C)Oc1c(F)cc(F)cc1F. The number of aliphatic imine (C=N–C) groups is 1. The molecule has 0 aliphatic carbocycles. The van der Waals surface area contributed by atoms with Gasteiger partial charge in [0.15, 0.2) is 34.6 Å². The minimum atomic E-state index is -1.32. The van der Waals surface area contributed by atoms with Gasteiger partial charge in [0.2, 0.25) is 5.84 Å². The van der Waals surface area contributed by atoms with Gasteiger partial charge in [-0.15, -0.1) is 10.2 Å². The molecular formula is C21H21ClF3N6O+. The average molecular weight is 466 g/mol. The lowest BCUT2D eigenvalue weighted by atomic mass is 10.1. The van der Waals surface area contributed by atoms with Gasteiger partial charge in [0, 0.05) is 29.8 Å². The van der Waals surface area contributed by atoms with Crippen LogP contribution in [-0.4, -0.2) is 26.9 Å². The van der Waals surface area contributed by atoms with E-state index in [1.165, 1.54) is 0 Å². The molecule has 0 fully saturated rings. The van der Waals surface area contributed by atoms with Crippen LogP contribution in [0.4, 0.5) is 13.2 Å². The maximum Gasteiger partial charge on any atom is 0.279 e. The lowest BCUT2D eigenvalue weighted by Crippen LogP contribution is -2.30. The topological polar surface area (TPSA) is 104 Å². The highest BCUT2D eigenvalue weighted by atomic mass is 35.5. The van der Waals surface area contributed by atoms with Crippen LogP contribution < -0.4 is 15.9 Å². The zero-order valence-electron chi connectivity index (χ0n) is 17.5. The van der Waals surface area contributed by atoms with Crippen molar-refractivity contribution < 1.29 is 23.3 Å². The van der Waals surface area contributed by atoms with E-state index in [0.717, 1.165) is 6.34 Å². The number of halogens is 4. The maximum atomic E-state index is 14.1. The first kappa shape index (κ1) is 23.3. The minimum absolute atomic E-state index is 0.191. The lowest BCUT2D eigenvalue weighted by Gasteiger charge is -2.26. The van der Waals surface area contributed by atoms with Gasteiger partial charge in [-0.2, -0.15) is 0 Å². The number of rotatable bonds is 7. The Hall–Kier alpha value is -3.40. The molecule has 32 heavy (non-hydrogen) atoms. The molecule has 11 heteroatoms. The van der Waals surface area contributed by atoms with Crippen molar-refractivity contribution in [1.29, 1.82) is 0 Å². The summed E-state index contributed by atoms with van der Waals surface area (Å²) in [6.45, 7) is 5.39. The van der Waals surface area contributed by atoms with Crippen LogP contribution in [0, 0.1) is 17.5 Å². The molecule has 4 N–H and O–H groups in total. The van der Waals surface area contributed by atoms with Crippen molar-refractivity contribution in [1.82, 2.24) is 14.8 Å². The standard InChI is InChI=1S/C21H20ClF3N6O/c1-4-31-19(13-6-5-11(7-14(13)22)18(27)28-10-26)29-30-20(31)21(2,3)32-17-15(24)8-12(23)9-16(17)25/h5-10H,4H2,1-3H3,(H3,26,27,28)/p+1. The molecule has 1 heterocycles. The molecule has 0 saturated carbocycles. The van der Waals surface area contributed by atoms with Crippen LogP contribution in [0.2, 0.25) is 5.02 Å². The molecule has 168 valence electrons. The molecule has 7 nitrogen and oxygen atoms in total. The van der Waals surface area contributed by atoms with E-state index in [1.807, 2.05) is 6.92 Å². The van der Waals surface area contributed by atoms with Crippen molar-refractivity contribution >= 4 is 23.8 Å². The fourth-order valence-corrected chi connectivity index (χ4v) is 3.45. The third-order valence-corrected chi connectivity index (χ3v) is 4.96. The predicted octanol–water partition coefficient (Wildman–Crippen LogP) is 2.84. The van der Waals surface area contributed by atoms with Crippen LogP contribution in [0.3, 0.4) is 0 Å². The smallest absolute Gasteiger partial charge is 0.279 e. The average Bonchev–Trinajstić information content (AvgIpc) is 3.15. The van der Waals surface area contributed by atoms with Gasteiger partial charge in [-0.1, -0.05) is 11.6 Å². The third kappa shape index (κ3) is 4.45. The van der Waals surface area contributed by atoms with Crippen LogP contribution in [0.15, 0.2) is 35.3 Å². The molecule has 0 bridgehead atoms. The second-order valence-corrected chi connectivity index (χ2v) is 7.67. The van der Waals surface area contributed by atoms with Crippen molar-refractivity contribution in [2.75, 3.05) is 0 Å². The molecule has 0 atom stereocenters. The van der Waals surface area contributed by atoms with Crippen molar-refractivity contribution in [3.8, 4) is 17.1 Å². The first-order valence-electron chi connectivity index (χ1n) is 9.53. The van der Waals surface area contributed by atoms with E-state index in [4.69, 9.17) is 27.5 Å². The Labute approximate surface area is 187 Å². The van der Waals surface area contributed by atoms with E-state index in [-0.39, 0.29) is 11.7 Å². The van der Waals surface area contributed by atoms with Crippen LogP contribution >= 0.6 is 11.6 Å². The van der Waals surface area contributed by atoms with Crippen LogP contribution in [-0.2, 0) is 12.1 Å². The summed E-state index contributed by atoms with van der Waals surface area (Å²) in [5.41, 5.74) is 5.63. The molecule has 0 amide bonds. The van der Waals surface area contributed by atoms with E-state index in [0.29, 0.717) is 40.7 Å². The van der Waals surface area contributed by atoms with Gasteiger partial charge >= 0.3 is 0 Å². The number of amidine groups is 1. The van der Waals surface area contributed by atoms with Gasteiger partial charge in [0.25, 0.3) is 6.34 Å². The summed E-state index contributed by atoms with van der Waals surface area (Å²) in [5.74, 6) is -3.18. The van der Waals surface area contributed by atoms with Crippen molar-refractivity contribution in [2.24, 2.45) is 10.7 Å². The molecule has 0 unspecified atom stereocenters. The summed E-state index contributed by atoms with van der Waals surface area (Å²) < 4.78 is 48.8. The molecule has 0 radical (unpaired) electrons. The van der Waals surface area contributed by atoms with E-state index >= 15 is 0 Å². The summed E-state index contributed by atoms with van der Waals surface area (Å²) in [5, 5.41) is 14.0. The molecule has 3 rings (SSSR count). The third-order valence-electron chi connectivity index (χ3n) is 4.65. The predicted molar refractivity (Wildman–Crippen MR) is 115 cm³/mol. The van der Waals surface area contributed by atoms with Crippen molar-refractivity contribution in [3.05, 3.63) is 64.2 Å². The van der Waals surface area contributed by atoms with E-state index in [9.17, 15) is 13.2 Å². The summed E-state index contributed by atoms with van der Waals surface area (Å²) in [7, 11) is 0. The molecule has 0 aliphatic heterocycles. The van der Waals surface area contributed by atoms with Gasteiger partial charge < -0.3 is 15.0 Å². The lowest BCUT2D eigenvalue weighted by molar-refractivity contribution is -0.106. The molecule has 0 spiro atoms. The quantitative estimate of drug-likeness (QED) is 0.413. The van der Waals surface area contributed by atoms with Gasteiger partial charge in [-0.25, -0.2) is 13.2 Å². The largest absolute Gasteiger partial charge is 0.474 e. The zero-order valence-corrected chi connectivity index (χ0v) is 18.3. The summed E-state index contributed by atoms with van der Waals surface area (Å²) in [4.78, 5) is 3.82. The number of hydrogen-bond acceptors (Lipinski definition) is 3. The Balaban J connectivity index is 2.03.